The van der Waals surface area contributed by atoms with Gasteiger partial charge in [0.25, 0.3) is 0 Å². The number of furan rings is 4. The Bertz CT molecular complexity index is 8550. The third kappa shape index (κ3) is 11.3. The molecule has 622 valence electrons. The van der Waals surface area contributed by atoms with Crippen molar-refractivity contribution in [2.45, 2.75) is 24.7 Å². The lowest BCUT2D eigenvalue weighted by Crippen LogP contribution is -2.29. The number of rotatable bonds is 17. The fraction of sp³-hybridized carbons (Fsp3) is 0.0323. The molecular weight excluding hydrogens is 1610 g/mol. The Morgan fingerprint density at radius 3 is 0.856 bits per heavy atom. The van der Waals surface area contributed by atoms with Crippen molar-refractivity contribution in [1.29, 1.82) is 0 Å². The highest BCUT2D eigenvalue weighted by molar-refractivity contribution is 6.28. The second kappa shape index (κ2) is 30.2. The molecule has 2 aliphatic carbocycles. The first-order chi connectivity index (χ1) is 65.4. The largest absolute Gasteiger partial charge is 0.455 e. The van der Waals surface area contributed by atoms with E-state index in [9.17, 15) is 0 Å². The van der Waals surface area contributed by atoms with E-state index >= 15 is 0 Å². The molecule has 4 heterocycles. The van der Waals surface area contributed by atoms with Crippen LogP contribution in [0.1, 0.15) is 55.6 Å². The highest BCUT2D eigenvalue weighted by Crippen LogP contribution is 2.68. The first-order valence-electron chi connectivity index (χ1n) is 45.3. The van der Waals surface area contributed by atoms with Crippen molar-refractivity contribution in [3.8, 4) is 33.4 Å². The molecule has 0 saturated carbocycles. The van der Waals surface area contributed by atoms with E-state index in [1.807, 2.05) is 0 Å². The number of hydrogen-bond donors (Lipinski definition) is 0. The Morgan fingerprint density at radius 1 is 0.182 bits per heavy atom. The number of aryl methyl sites for hydroxylation is 2. The van der Waals surface area contributed by atoms with E-state index in [0.717, 1.165) is 245 Å². The van der Waals surface area contributed by atoms with Crippen LogP contribution in [0.15, 0.2) is 479 Å². The van der Waals surface area contributed by atoms with E-state index in [1.165, 1.54) is 0 Å². The molecule has 26 rings (SSSR count). The Hall–Kier alpha value is -17.2. The molecule has 0 unspecified atom stereocenters. The molecule has 0 saturated heterocycles. The maximum Gasteiger partial charge on any atom is 0.160 e. The average Bonchev–Trinajstić information content (AvgIpc) is 1.50. The van der Waals surface area contributed by atoms with E-state index in [0.29, 0.717) is 0 Å². The average molecular weight is 1690 g/mol. The molecule has 0 aliphatic heterocycles. The predicted octanol–water partition coefficient (Wildman–Crippen LogP) is 34.2. The summed E-state index contributed by atoms with van der Waals surface area (Å²) in [7, 11) is 0. The number of anilines is 12. The van der Waals surface area contributed by atoms with Gasteiger partial charge in [-0.15, -0.1) is 0 Å². The third-order valence-electron chi connectivity index (χ3n) is 27.7. The van der Waals surface area contributed by atoms with Crippen LogP contribution < -0.4 is 19.6 Å². The molecule has 8 nitrogen and oxygen atoms in total. The summed E-state index contributed by atoms with van der Waals surface area (Å²) in [6.07, 6.45) is 0. The summed E-state index contributed by atoms with van der Waals surface area (Å²) in [5.74, 6) is 0. The maximum atomic E-state index is 7.76. The van der Waals surface area contributed by atoms with Crippen molar-refractivity contribution in [2.24, 2.45) is 0 Å². The lowest BCUT2D eigenvalue weighted by Gasteiger charge is -2.36. The number of fused-ring (bicyclic) bond motifs is 22. The van der Waals surface area contributed by atoms with Crippen LogP contribution in [0.5, 0.6) is 0 Å². The van der Waals surface area contributed by atoms with Gasteiger partial charge < -0.3 is 37.3 Å². The summed E-state index contributed by atoms with van der Waals surface area (Å²) >= 11 is 0. The molecule has 132 heavy (non-hydrogen) atoms. The Kier molecular flexibility index (Phi) is 17.4. The topological polar surface area (TPSA) is 65.5 Å². The summed E-state index contributed by atoms with van der Waals surface area (Å²) in [5.41, 5.74) is 33.5. The quantitative estimate of drug-likeness (QED) is 0.0894. The van der Waals surface area contributed by atoms with Crippen LogP contribution in [0.4, 0.5) is 68.2 Å². The number of nitrogens with zero attached hydrogens (tertiary/aromatic N) is 4. The molecule has 0 fully saturated rings. The lowest BCUT2D eigenvalue weighted by molar-refractivity contribution is 0.668. The fourth-order valence-corrected chi connectivity index (χ4v) is 22.3. The highest BCUT2D eigenvalue weighted by Gasteiger charge is 2.53. The van der Waals surface area contributed by atoms with Gasteiger partial charge in [0.2, 0.25) is 0 Å². The van der Waals surface area contributed by atoms with Crippen molar-refractivity contribution in [2.75, 3.05) is 19.6 Å². The van der Waals surface area contributed by atoms with E-state index < -0.39 is 10.8 Å². The van der Waals surface area contributed by atoms with E-state index in [2.05, 4.69) is 494 Å². The molecule has 4 aromatic heterocycles. The molecule has 0 N–H and O–H groups in total. The normalized spacial score (nSPS) is 12.9. The van der Waals surface area contributed by atoms with Crippen molar-refractivity contribution in [3.63, 3.8) is 0 Å². The van der Waals surface area contributed by atoms with Crippen LogP contribution in [-0.2, 0) is 10.8 Å². The van der Waals surface area contributed by atoms with Gasteiger partial charge in [-0.3, -0.25) is 0 Å². The standard InChI is InChI=1S/C124H82N4O4/c1-79-41-30-35-66-101(79)128(91-59-28-11-29-60-91)106-78-98-116(114-96-65-34-39-70-110(96)130-120(106)114)118-100(124(98,85-47-16-5-17-48-85)86-49-18-6-19-50-86)76-104(112-94-63-32-37-68-108(94)132-122(112)118)127(90-57-26-10-27-58-90)102-72-71-82(73-80(102)2)81-42-40-61-92(74-81)126(89-55-24-9-25-56-89)103-75-99-117(121-111(103)93-62-31-36-67-107(93)131-121)115-97(123(99,83-43-12-3-13-44-83)84-45-14-4-15-46-84)77-105(119-113(115)95-64-33-38-69-109(95)129-119)125(87-51-20-7-21-52-87)88-53-22-8-23-54-88/h3-78H,1-2H3. The Morgan fingerprint density at radius 2 is 0.462 bits per heavy atom. The van der Waals surface area contributed by atoms with Gasteiger partial charge in [0.1, 0.15) is 33.5 Å². The van der Waals surface area contributed by atoms with Crippen LogP contribution in [0.2, 0.25) is 0 Å². The maximum absolute atomic E-state index is 7.76. The van der Waals surface area contributed by atoms with E-state index in [4.69, 9.17) is 17.7 Å². The SMILES string of the molecule is Cc1ccccc1N(c1ccccc1)c1cc2c(c3c1oc1ccccc13)-c1c(cc(N(c3ccccc3)c3ccc(-c4cccc(N(c5ccccc5)c5cc6c(c7oc8ccccc8c57)-c5c(cc(N(c7ccccc7)c7ccccc7)c7oc8ccccc8c57)C6(c5ccccc5)c5ccccc5)c4)cc3C)c3c1oc1ccccc13)C2(c1ccccc1)c1ccccc1. The van der Waals surface area contributed by atoms with Gasteiger partial charge in [0, 0.05) is 100 Å². The molecule has 0 bridgehead atoms. The Labute approximate surface area is 762 Å². The molecule has 0 radical (unpaired) electrons. The van der Waals surface area contributed by atoms with Gasteiger partial charge in [-0.05, 0) is 220 Å². The first-order valence-corrected chi connectivity index (χ1v) is 45.3. The van der Waals surface area contributed by atoms with Crippen LogP contribution >= 0.6 is 0 Å². The van der Waals surface area contributed by atoms with Crippen LogP contribution in [-0.4, -0.2) is 0 Å². The molecule has 0 amide bonds. The van der Waals surface area contributed by atoms with Gasteiger partial charge >= 0.3 is 0 Å². The van der Waals surface area contributed by atoms with Crippen molar-refractivity contribution in [3.05, 3.63) is 517 Å². The van der Waals surface area contributed by atoms with Gasteiger partial charge in [-0.25, -0.2) is 0 Å². The van der Waals surface area contributed by atoms with Crippen LogP contribution in [0.3, 0.4) is 0 Å². The molecule has 20 aromatic carbocycles. The Balaban J connectivity index is 0.697. The number of para-hydroxylation sites is 10. The first kappa shape index (κ1) is 76.1. The number of hydrogen-bond acceptors (Lipinski definition) is 8. The summed E-state index contributed by atoms with van der Waals surface area (Å²) in [6.45, 7) is 4.47. The minimum atomic E-state index is -0.973. The van der Waals surface area contributed by atoms with Gasteiger partial charge in [0.15, 0.2) is 11.2 Å². The fourth-order valence-electron chi connectivity index (χ4n) is 22.3. The second-order valence-corrected chi connectivity index (χ2v) is 34.8. The van der Waals surface area contributed by atoms with Gasteiger partial charge in [-0.1, -0.05) is 322 Å². The third-order valence-corrected chi connectivity index (χ3v) is 27.7. The summed E-state index contributed by atoms with van der Waals surface area (Å²) in [5, 5.41) is 8.05. The zero-order valence-electron chi connectivity index (χ0n) is 72.3. The molecule has 0 spiro atoms. The van der Waals surface area contributed by atoms with Crippen molar-refractivity contribution >= 4 is 156 Å². The molecule has 24 aromatic rings. The van der Waals surface area contributed by atoms with E-state index in [-0.39, 0.29) is 0 Å². The van der Waals surface area contributed by atoms with Gasteiger partial charge in [-0.2, -0.15) is 0 Å². The lowest BCUT2D eigenvalue weighted by atomic mass is 9.67. The van der Waals surface area contributed by atoms with E-state index in [1.54, 1.807) is 0 Å². The summed E-state index contributed by atoms with van der Waals surface area (Å²) in [6, 6.07) is 168. The highest BCUT2D eigenvalue weighted by atomic mass is 16.3. The van der Waals surface area contributed by atoms with Crippen LogP contribution in [0.25, 0.3) is 121 Å². The zero-order valence-corrected chi connectivity index (χ0v) is 72.3. The van der Waals surface area contributed by atoms with Gasteiger partial charge in [0.05, 0.1) is 44.4 Å². The smallest absolute Gasteiger partial charge is 0.160 e. The number of benzene rings is 20. The summed E-state index contributed by atoms with van der Waals surface area (Å²) in [4.78, 5) is 9.74. The van der Waals surface area contributed by atoms with Crippen molar-refractivity contribution < 1.29 is 17.7 Å². The minimum Gasteiger partial charge on any atom is -0.455 e. The second-order valence-electron chi connectivity index (χ2n) is 34.8. The molecule has 2 aliphatic rings. The molecule has 0 atom stereocenters. The zero-order chi connectivity index (χ0) is 87.3. The molecular formula is C124H82N4O4. The molecule has 8 heteroatoms. The predicted molar refractivity (Wildman–Crippen MR) is 544 cm³/mol. The summed E-state index contributed by atoms with van der Waals surface area (Å²) < 4.78 is 30.4. The monoisotopic (exact) mass is 1690 g/mol. The van der Waals surface area contributed by atoms with Crippen LogP contribution in [0, 0.1) is 13.8 Å². The minimum absolute atomic E-state index is 0.774. The van der Waals surface area contributed by atoms with Crippen molar-refractivity contribution in [1.82, 2.24) is 0 Å².